The number of nitrogens with zero attached hydrogens (tertiary/aromatic N) is 1. The van der Waals surface area contributed by atoms with Crippen LogP contribution in [0.4, 0.5) is 0 Å². The highest BCUT2D eigenvalue weighted by molar-refractivity contribution is 9.11. The molecule has 1 fully saturated rings. The molecule has 1 amide bonds. The van der Waals surface area contributed by atoms with E-state index in [1.165, 1.54) is 11.0 Å². The molecule has 0 saturated carbocycles. The molecule has 0 aromatic carbocycles. The smallest absolute Gasteiger partial charge is 0.326 e. The van der Waals surface area contributed by atoms with Gasteiger partial charge in [0.25, 0.3) is 0 Å². The molecule has 0 bridgehead atoms. The Labute approximate surface area is 117 Å². The van der Waals surface area contributed by atoms with E-state index in [0.717, 1.165) is 15.8 Å². The summed E-state index contributed by atoms with van der Waals surface area (Å²) < 4.78 is 0.999. The fourth-order valence-electron chi connectivity index (χ4n) is 1.96. The number of aliphatic carboxylic acids is 1. The second-order valence-corrected chi connectivity index (χ2v) is 6.34. The molecule has 0 spiro atoms. The predicted octanol–water partition coefficient (Wildman–Crippen LogP) is 2.60. The fourth-order valence-corrected chi connectivity index (χ4v) is 3.11. The first-order valence-electron chi connectivity index (χ1n) is 5.53. The third-order valence-corrected chi connectivity index (χ3v) is 4.35. The van der Waals surface area contributed by atoms with Crippen LogP contribution in [0.2, 0.25) is 0 Å². The third-order valence-electron chi connectivity index (χ3n) is 2.83. The van der Waals surface area contributed by atoms with Gasteiger partial charge in [0.1, 0.15) is 6.04 Å². The molecule has 2 heterocycles. The number of amides is 1. The first-order valence-corrected chi connectivity index (χ1v) is 7.20. The molecule has 6 heteroatoms. The van der Waals surface area contributed by atoms with Crippen LogP contribution in [0.25, 0.3) is 6.08 Å². The van der Waals surface area contributed by atoms with Crippen LogP contribution >= 0.6 is 27.3 Å². The number of carbonyl (C=O) groups is 2. The lowest BCUT2D eigenvalue weighted by molar-refractivity contribution is -0.146. The van der Waals surface area contributed by atoms with E-state index in [2.05, 4.69) is 15.9 Å². The zero-order valence-electron chi connectivity index (χ0n) is 9.51. The Balaban J connectivity index is 2.03. The van der Waals surface area contributed by atoms with Gasteiger partial charge in [-0.15, -0.1) is 11.3 Å². The summed E-state index contributed by atoms with van der Waals surface area (Å²) in [6.07, 6.45) is 4.44. The molecule has 0 unspecified atom stereocenters. The summed E-state index contributed by atoms with van der Waals surface area (Å²) in [5.74, 6) is -1.16. The summed E-state index contributed by atoms with van der Waals surface area (Å²) in [6.45, 7) is 0.521. The first-order chi connectivity index (χ1) is 8.58. The average molecular weight is 330 g/mol. The van der Waals surface area contributed by atoms with Gasteiger partial charge in [-0.3, -0.25) is 4.79 Å². The maximum atomic E-state index is 11.9. The maximum Gasteiger partial charge on any atom is 0.326 e. The minimum absolute atomic E-state index is 0.234. The van der Waals surface area contributed by atoms with Crippen LogP contribution < -0.4 is 0 Å². The molecule has 1 N–H and O–H groups in total. The number of rotatable bonds is 3. The molecule has 0 radical (unpaired) electrons. The second-order valence-electron chi connectivity index (χ2n) is 4.05. The van der Waals surface area contributed by atoms with Gasteiger partial charge in [-0.2, -0.15) is 0 Å². The van der Waals surface area contributed by atoms with Crippen molar-refractivity contribution in [3.63, 3.8) is 0 Å². The molecule has 1 aliphatic rings. The lowest BCUT2D eigenvalue weighted by atomic mass is 10.2. The lowest BCUT2D eigenvalue weighted by Crippen LogP contribution is -2.39. The van der Waals surface area contributed by atoms with Crippen LogP contribution in [0.5, 0.6) is 0 Å². The molecule has 96 valence electrons. The normalized spacial score (nSPS) is 19.6. The van der Waals surface area contributed by atoms with E-state index in [-0.39, 0.29) is 5.91 Å². The minimum Gasteiger partial charge on any atom is -0.480 e. The Morgan fingerprint density at radius 2 is 2.33 bits per heavy atom. The van der Waals surface area contributed by atoms with E-state index < -0.39 is 12.0 Å². The molecular formula is C12H12BrNO3S. The van der Waals surface area contributed by atoms with Crippen molar-refractivity contribution in [3.8, 4) is 0 Å². The third kappa shape index (κ3) is 3.00. The topological polar surface area (TPSA) is 57.6 Å². The number of hydrogen-bond acceptors (Lipinski definition) is 3. The highest BCUT2D eigenvalue weighted by Gasteiger charge is 2.32. The Hall–Kier alpha value is -1.14. The molecule has 1 aromatic rings. The van der Waals surface area contributed by atoms with Crippen LogP contribution in [0.15, 0.2) is 21.3 Å². The summed E-state index contributed by atoms with van der Waals surface area (Å²) in [5.41, 5.74) is 0.936. The van der Waals surface area contributed by atoms with Crippen molar-refractivity contribution < 1.29 is 14.7 Å². The fraction of sp³-hybridized carbons (Fsp3) is 0.333. The van der Waals surface area contributed by atoms with Gasteiger partial charge in [0.05, 0.1) is 3.79 Å². The average Bonchev–Trinajstić information content (AvgIpc) is 2.94. The summed E-state index contributed by atoms with van der Waals surface area (Å²) in [7, 11) is 0. The van der Waals surface area contributed by atoms with Crippen molar-refractivity contribution in [3.05, 3.63) is 26.9 Å². The number of thiophene rings is 1. The maximum absolute atomic E-state index is 11.9. The molecule has 1 saturated heterocycles. The Morgan fingerprint density at radius 1 is 1.56 bits per heavy atom. The second kappa shape index (κ2) is 5.67. The number of likely N-dealkylation sites (tertiary alicyclic amines) is 1. The summed E-state index contributed by atoms with van der Waals surface area (Å²) in [4.78, 5) is 24.3. The Morgan fingerprint density at radius 3 is 2.94 bits per heavy atom. The van der Waals surface area contributed by atoms with Crippen LogP contribution in [0.3, 0.4) is 0 Å². The van der Waals surface area contributed by atoms with Crippen molar-refractivity contribution in [1.82, 2.24) is 4.90 Å². The van der Waals surface area contributed by atoms with E-state index in [0.29, 0.717) is 13.0 Å². The van der Waals surface area contributed by atoms with E-state index in [4.69, 9.17) is 5.11 Å². The molecule has 1 atom stereocenters. The van der Waals surface area contributed by atoms with Crippen LogP contribution in [-0.4, -0.2) is 34.5 Å². The van der Waals surface area contributed by atoms with E-state index in [9.17, 15) is 9.59 Å². The van der Waals surface area contributed by atoms with Gasteiger partial charge in [0.2, 0.25) is 5.91 Å². The SMILES string of the molecule is O=C(O)[C@H]1CCCN1C(=O)C=Cc1csc(Br)c1. The number of carbonyl (C=O) groups excluding carboxylic acids is 1. The van der Waals surface area contributed by atoms with E-state index in [1.807, 2.05) is 11.4 Å². The number of carboxylic acid groups (broad SMARTS) is 1. The van der Waals surface area contributed by atoms with Crippen LogP contribution in [-0.2, 0) is 9.59 Å². The van der Waals surface area contributed by atoms with Crippen LogP contribution in [0.1, 0.15) is 18.4 Å². The quantitative estimate of drug-likeness (QED) is 0.867. The van der Waals surface area contributed by atoms with Crippen molar-refractivity contribution in [2.45, 2.75) is 18.9 Å². The molecular weight excluding hydrogens is 318 g/mol. The van der Waals surface area contributed by atoms with Gasteiger partial charge >= 0.3 is 5.97 Å². The Bertz CT molecular complexity index is 497. The number of halogens is 1. The monoisotopic (exact) mass is 329 g/mol. The lowest BCUT2D eigenvalue weighted by Gasteiger charge is -2.19. The number of carboxylic acids is 1. The summed E-state index contributed by atoms with van der Waals surface area (Å²) >= 11 is 4.89. The van der Waals surface area contributed by atoms with E-state index >= 15 is 0 Å². The minimum atomic E-state index is -0.924. The molecule has 1 aliphatic heterocycles. The zero-order chi connectivity index (χ0) is 13.1. The van der Waals surface area contributed by atoms with Crippen molar-refractivity contribution in [2.24, 2.45) is 0 Å². The zero-order valence-corrected chi connectivity index (χ0v) is 11.9. The standard InChI is InChI=1S/C12H12BrNO3S/c13-10-6-8(7-18-10)3-4-11(15)14-5-1-2-9(14)12(16)17/h3-4,6-7,9H,1-2,5H2,(H,16,17)/t9-/m1/s1. The highest BCUT2D eigenvalue weighted by atomic mass is 79.9. The highest BCUT2D eigenvalue weighted by Crippen LogP contribution is 2.22. The van der Waals surface area contributed by atoms with Gasteiger partial charge in [0.15, 0.2) is 0 Å². The first kappa shape index (κ1) is 13.3. The molecule has 2 rings (SSSR count). The van der Waals surface area contributed by atoms with Gasteiger partial charge in [-0.05, 0) is 51.9 Å². The van der Waals surface area contributed by atoms with Gasteiger partial charge in [-0.25, -0.2) is 4.79 Å². The van der Waals surface area contributed by atoms with Gasteiger partial charge in [0, 0.05) is 12.6 Å². The van der Waals surface area contributed by atoms with Gasteiger partial charge in [-0.1, -0.05) is 0 Å². The summed E-state index contributed by atoms with van der Waals surface area (Å²) in [5, 5.41) is 10.9. The largest absolute Gasteiger partial charge is 0.480 e. The molecule has 4 nitrogen and oxygen atoms in total. The molecule has 1 aromatic heterocycles. The van der Waals surface area contributed by atoms with Crippen LogP contribution in [0, 0.1) is 0 Å². The van der Waals surface area contributed by atoms with Crippen molar-refractivity contribution in [1.29, 1.82) is 0 Å². The molecule has 18 heavy (non-hydrogen) atoms. The van der Waals surface area contributed by atoms with E-state index in [1.54, 1.807) is 17.4 Å². The summed E-state index contributed by atoms with van der Waals surface area (Å²) in [6, 6.07) is 1.24. The predicted molar refractivity (Wildman–Crippen MR) is 73.4 cm³/mol. The van der Waals surface area contributed by atoms with Crippen molar-refractivity contribution >= 4 is 45.2 Å². The number of hydrogen-bond donors (Lipinski definition) is 1. The Kier molecular flexibility index (Phi) is 4.19. The van der Waals surface area contributed by atoms with Crippen molar-refractivity contribution in [2.75, 3.05) is 6.54 Å². The molecule has 0 aliphatic carbocycles. The van der Waals surface area contributed by atoms with Gasteiger partial charge < -0.3 is 10.0 Å².